The maximum atomic E-state index is 12.3. The summed E-state index contributed by atoms with van der Waals surface area (Å²) in [7, 11) is 0. The van der Waals surface area contributed by atoms with Crippen LogP contribution in [-0.4, -0.2) is 28.6 Å². The van der Waals surface area contributed by atoms with E-state index in [1.54, 1.807) is 34.6 Å². The van der Waals surface area contributed by atoms with Crippen molar-refractivity contribution in [1.82, 2.24) is 5.32 Å². The third-order valence-corrected chi connectivity index (χ3v) is 2.87. The highest BCUT2D eigenvalue weighted by molar-refractivity contribution is 5.83. The molecule has 0 aliphatic heterocycles. The van der Waals surface area contributed by atoms with Crippen LogP contribution in [0.2, 0.25) is 0 Å². The molecule has 132 valence electrons. The largest absolute Gasteiger partial charge is 0.444 e. The number of alkyl carbamates (subject to hydrolysis) is 1. The number of nitro groups is 1. The average molecular weight is 338 g/mol. The van der Waals surface area contributed by atoms with Crippen molar-refractivity contribution in [2.24, 2.45) is 5.92 Å². The zero-order valence-corrected chi connectivity index (χ0v) is 14.4. The van der Waals surface area contributed by atoms with Crippen molar-refractivity contribution in [3.05, 3.63) is 34.4 Å². The predicted molar refractivity (Wildman–Crippen MR) is 86.7 cm³/mol. The number of ether oxygens (including phenoxy) is 2. The van der Waals surface area contributed by atoms with Crippen LogP contribution in [0.15, 0.2) is 24.3 Å². The third kappa shape index (κ3) is 5.86. The van der Waals surface area contributed by atoms with Gasteiger partial charge in [-0.3, -0.25) is 10.1 Å². The highest BCUT2D eigenvalue weighted by atomic mass is 16.6. The van der Waals surface area contributed by atoms with E-state index in [0.717, 1.165) is 0 Å². The first-order valence-electron chi connectivity index (χ1n) is 7.46. The lowest BCUT2D eigenvalue weighted by Gasteiger charge is -2.24. The van der Waals surface area contributed by atoms with Gasteiger partial charge < -0.3 is 14.8 Å². The quantitative estimate of drug-likeness (QED) is 0.382. The molecule has 1 aromatic carbocycles. The summed E-state index contributed by atoms with van der Waals surface area (Å²) in [5.41, 5.74) is -1.04. The Hall–Kier alpha value is -2.64. The van der Waals surface area contributed by atoms with Gasteiger partial charge in [-0.25, -0.2) is 9.59 Å². The first-order valence-corrected chi connectivity index (χ1v) is 7.46. The second-order valence-electron chi connectivity index (χ2n) is 6.51. The van der Waals surface area contributed by atoms with E-state index in [9.17, 15) is 19.7 Å². The molecule has 0 bridgehead atoms. The summed E-state index contributed by atoms with van der Waals surface area (Å²) in [6, 6.07) is 4.53. The summed E-state index contributed by atoms with van der Waals surface area (Å²) >= 11 is 0. The standard InChI is InChI=1S/C16H22N2O6/c1-10(2)13(17-15(20)24-16(3,4)5)14(19)23-12-9-7-6-8-11(12)18(21)22/h6-10,13H,1-5H3,(H,17,20)/t13-/m0/s1. The van der Waals surface area contributed by atoms with Gasteiger partial charge in [-0.1, -0.05) is 26.0 Å². The second kappa shape index (κ2) is 7.76. The molecular formula is C16H22N2O6. The monoisotopic (exact) mass is 338 g/mol. The lowest BCUT2D eigenvalue weighted by atomic mass is 10.1. The number of esters is 1. The molecule has 0 saturated heterocycles. The van der Waals surface area contributed by atoms with E-state index in [1.165, 1.54) is 24.3 Å². The van der Waals surface area contributed by atoms with Crippen molar-refractivity contribution in [3.8, 4) is 5.75 Å². The van der Waals surface area contributed by atoms with Crippen molar-refractivity contribution < 1.29 is 24.0 Å². The van der Waals surface area contributed by atoms with Crippen molar-refractivity contribution in [1.29, 1.82) is 0 Å². The van der Waals surface area contributed by atoms with Gasteiger partial charge in [-0.05, 0) is 32.8 Å². The minimum atomic E-state index is -1.00. The number of carbonyl (C=O) groups is 2. The Morgan fingerprint density at radius 3 is 2.29 bits per heavy atom. The number of nitro benzene ring substituents is 1. The lowest BCUT2D eigenvalue weighted by molar-refractivity contribution is -0.385. The lowest BCUT2D eigenvalue weighted by Crippen LogP contribution is -2.48. The summed E-state index contributed by atoms with van der Waals surface area (Å²) in [5.74, 6) is -1.28. The molecule has 0 radical (unpaired) electrons. The van der Waals surface area contributed by atoms with Crippen molar-refractivity contribution in [2.45, 2.75) is 46.3 Å². The number of hydrogen-bond acceptors (Lipinski definition) is 6. The molecule has 0 aromatic heterocycles. The number of carbonyl (C=O) groups excluding carboxylic acids is 2. The van der Waals surface area contributed by atoms with Gasteiger partial charge in [-0.2, -0.15) is 0 Å². The van der Waals surface area contributed by atoms with Gasteiger partial charge in [-0.15, -0.1) is 0 Å². The van der Waals surface area contributed by atoms with Gasteiger partial charge in [0.25, 0.3) is 0 Å². The van der Waals surface area contributed by atoms with Crippen LogP contribution in [0.5, 0.6) is 5.75 Å². The minimum Gasteiger partial charge on any atom is -0.444 e. The molecule has 0 fully saturated rings. The van der Waals surface area contributed by atoms with Gasteiger partial charge in [0.1, 0.15) is 11.6 Å². The number of nitrogens with zero attached hydrogens (tertiary/aromatic N) is 1. The fourth-order valence-electron chi connectivity index (χ4n) is 1.80. The van der Waals surface area contributed by atoms with Gasteiger partial charge >= 0.3 is 17.7 Å². The molecule has 1 atom stereocenters. The topological polar surface area (TPSA) is 108 Å². The highest BCUT2D eigenvalue weighted by Gasteiger charge is 2.30. The maximum absolute atomic E-state index is 12.3. The van der Waals surface area contributed by atoms with Crippen LogP contribution in [0.4, 0.5) is 10.5 Å². The number of nitrogens with one attached hydrogen (secondary N) is 1. The Morgan fingerprint density at radius 1 is 1.21 bits per heavy atom. The molecule has 0 heterocycles. The average Bonchev–Trinajstić information content (AvgIpc) is 2.42. The zero-order valence-electron chi connectivity index (χ0n) is 14.4. The molecule has 0 unspecified atom stereocenters. The molecule has 24 heavy (non-hydrogen) atoms. The molecule has 0 aliphatic rings. The van der Waals surface area contributed by atoms with Crippen molar-refractivity contribution >= 4 is 17.7 Å². The zero-order chi connectivity index (χ0) is 18.5. The number of hydrogen-bond donors (Lipinski definition) is 1. The summed E-state index contributed by atoms with van der Waals surface area (Å²) < 4.78 is 10.2. The van der Waals surface area contributed by atoms with Crippen LogP contribution >= 0.6 is 0 Å². The molecule has 8 nitrogen and oxygen atoms in total. The molecule has 8 heteroatoms. The summed E-state index contributed by atoms with van der Waals surface area (Å²) in [6.07, 6.45) is -0.763. The first kappa shape index (κ1) is 19.4. The maximum Gasteiger partial charge on any atom is 0.408 e. The van der Waals surface area contributed by atoms with Gasteiger partial charge in [0, 0.05) is 6.07 Å². The van der Waals surface area contributed by atoms with Crippen LogP contribution in [0.1, 0.15) is 34.6 Å². The Bertz CT molecular complexity index is 621. The van der Waals surface area contributed by atoms with E-state index in [4.69, 9.17) is 9.47 Å². The Labute approximate surface area is 140 Å². The smallest absolute Gasteiger partial charge is 0.408 e. The van der Waals surface area contributed by atoms with Gasteiger partial charge in [0.2, 0.25) is 5.75 Å². The second-order valence-corrected chi connectivity index (χ2v) is 6.51. The Morgan fingerprint density at radius 2 is 1.79 bits per heavy atom. The van der Waals surface area contributed by atoms with Gasteiger partial charge in [0.15, 0.2) is 0 Å². The van der Waals surface area contributed by atoms with Crippen LogP contribution in [0.3, 0.4) is 0 Å². The molecule has 0 saturated carbocycles. The predicted octanol–water partition coefficient (Wildman–Crippen LogP) is 3.05. The van der Waals surface area contributed by atoms with Crippen LogP contribution < -0.4 is 10.1 Å². The number of benzene rings is 1. The molecule has 1 aromatic rings. The molecule has 1 N–H and O–H groups in total. The van der Waals surface area contributed by atoms with E-state index >= 15 is 0 Å². The van der Waals surface area contributed by atoms with Gasteiger partial charge in [0.05, 0.1) is 4.92 Å². The number of para-hydroxylation sites is 2. The van der Waals surface area contributed by atoms with Crippen LogP contribution in [0.25, 0.3) is 0 Å². The molecule has 0 aliphatic carbocycles. The number of rotatable bonds is 5. The van der Waals surface area contributed by atoms with E-state index in [0.29, 0.717) is 0 Å². The summed E-state index contributed by atoms with van der Waals surface area (Å²) in [4.78, 5) is 34.5. The van der Waals surface area contributed by atoms with E-state index in [2.05, 4.69) is 5.32 Å². The first-order chi connectivity index (χ1) is 11.0. The summed E-state index contributed by atoms with van der Waals surface area (Å²) in [5, 5.41) is 13.4. The fourth-order valence-corrected chi connectivity index (χ4v) is 1.80. The van der Waals surface area contributed by atoms with Crippen LogP contribution in [-0.2, 0) is 9.53 Å². The van der Waals surface area contributed by atoms with E-state index in [-0.39, 0.29) is 17.4 Å². The fraction of sp³-hybridized carbons (Fsp3) is 0.500. The van der Waals surface area contributed by atoms with E-state index < -0.39 is 28.6 Å². The number of amides is 1. The SMILES string of the molecule is CC(C)[C@H](NC(=O)OC(C)(C)C)C(=O)Oc1ccccc1[N+](=O)[O-]. The van der Waals surface area contributed by atoms with Crippen molar-refractivity contribution in [3.63, 3.8) is 0 Å². The van der Waals surface area contributed by atoms with Crippen LogP contribution in [0, 0.1) is 16.0 Å². The molecule has 1 amide bonds. The molecular weight excluding hydrogens is 316 g/mol. The molecule has 1 rings (SSSR count). The highest BCUT2D eigenvalue weighted by Crippen LogP contribution is 2.26. The Kier molecular flexibility index (Phi) is 6.27. The Balaban J connectivity index is 2.89. The molecule has 0 spiro atoms. The van der Waals surface area contributed by atoms with Crippen molar-refractivity contribution in [2.75, 3.05) is 0 Å². The third-order valence-electron chi connectivity index (χ3n) is 2.87. The van der Waals surface area contributed by atoms with E-state index in [1.807, 2.05) is 0 Å². The summed E-state index contributed by atoms with van der Waals surface area (Å²) in [6.45, 7) is 8.51. The normalized spacial score (nSPS) is 12.4. The minimum absolute atomic E-state index is 0.177.